The van der Waals surface area contributed by atoms with Crippen molar-refractivity contribution < 1.29 is 0 Å². The van der Waals surface area contributed by atoms with Crippen LogP contribution in [0.2, 0.25) is 0 Å². The van der Waals surface area contributed by atoms with Crippen molar-refractivity contribution >= 4 is 15.9 Å². The Labute approximate surface area is 75.2 Å². The Balaban J connectivity index is 2.31. The molecule has 2 atom stereocenters. The normalized spacial score (nSPS) is 34.0. The van der Waals surface area contributed by atoms with E-state index in [1.54, 1.807) is 0 Å². The molecule has 2 heteroatoms. The van der Waals surface area contributed by atoms with Gasteiger partial charge >= 0.3 is 0 Å². The van der Waals surface area contributed by atoms with E-state index in [1.807, 2.05) is 0 Å². The van der Waals surface area contributed by atoms with E-state index in [4.69, 9.17) is 0 Å². The molecule has 0 aromatic heterocycles. The number of rotatable bonds is 0. The molecule has 0 aromatic rings. The number of fused-ring (bicyclic) bond motifs is 1. The maximum absolute atomic E-state index is 3.56. The molecule has 1 aliphatic heterocycles. The largest absolute Gasteiger partial charge is 0.372 e. The molecule has 2 rings (SSSR count). The van der Waals surface area contributed by atoms with Gasteiger partial charge in [0.1, 0.15) is 0 Å². The van der Waals surface area contributed by atoms with E-state index in [9.17, 15) is 0 Å². The van der Waals surface area contributed by atoms with Gasteiger partial charge in [0, 0.05) is 17.4 Å². The summed E-state index contributed by atoms with van der Waals surface area (Å²) in [5.74, 6) is 0.569. The minimum Gasteiger partial charge on any atom is -0.372 e. The number of hydrogen-bond acceptors (Lipinski definition) is 1. The number of likely N-dealkylation sites (N-methyl/N-ethyl adjacent to an activating group) is 1. The van der Waals surface area contributed by atoms with Gasteiger partial charge in [0.2, 0.25) is 0 Å². The highest BCUT2D eigenvalue weighted by Gasteiger charge is 2.28. The fourth-order valence-electron chi connectivity index (χ4n) is 1.63. The van der Waals surface area contributed by atoms with E-state index in [1.165, 1.54) is 4.48 Å². The number of halogens is 1. The van der Waals surface area contributed by atoms with Crippen LogP contribution in [0.15, 0.2) is 35.0 Å². The van der Waals surface area contributed by atoms with Gasteiger partial charge in [-0.15, -0.1) is 0 Å². The molecular weight excluding hydrogens is 202 g/mol. The molecule has 0 amide bonds. The maximum atomic E-state index is 3.56. The minimum atomic E-state index is 0.514. The Morgan fingerprint density at radius 3 is 3.00 bits per heavy atom. The third-order valence-electron chi connectivity index (χ3n) is 2.22. The van der Waals surface area contributed by atoms with E-state index in [2.05, 4.69) is 58.4 Å². The number of allylic oxidation sites excluding steroid dienone is 2. The van der Waals surface area contributed by atoms with Crippen LogP contribution in [0.5, 0.6) is 0 Å². The molecule has 1 aliphatic carbocycles. The van der Waals surface area contributed by atoms with Crippen molar-refractivity contribution in [2.45, 2.75) is 6.04 Å². The van der Waals surface area contributed by atoms with E-state index in [0.717, 1.165) is 0 Å². The highest BCUT2D eigenvalue weighted by molar-refractivity contribution is 9.11. The van der Waals surface area contributed by atoms with Gasteiger partial charge in [0.15, 0.2) is 0 Å². The molecule has 0 saturated carbocycles. The lowest BCUT2D eigenvalue weighted by Gasteiger charge is -2.26. The van der Waals surface area contributed by atoms with Crippen LogP contribution in [0.25, 0.3) is 0 Å². The monoisotopic (exact) mass is 211 g/mol. The molecule has 0 spiro atoms. The summed E-state index contributed by atoms with van der Waals surface area (Å²) in [6.07, 6.45) is 10.8. The summed E-state index contributed by atoms with van der Waals surface area (Å²) >= 11 is 3.56. The highest BCUT2D eigenvalue weighted by atomic mass is 79.9. The van der Waals surface area contributed by atoms with Crippen molar-refractivity contribution in [2.75, 3.05) is 7.05 Å². The summed E-state index contributed by atoms with van der Waals surface area (Å²) in [6, 6.07) is 0.514. The molecular formula is C9H10BrN. The van der Waals surface area contributed by atoms with E-state index in [-0.39, 0.29) is 0 Å². The van der Waals surface area contributed by atoms with Gasteiger partial charge in [-0.25, -0.2) is 0 Å². The van der Waals surface area contributed by atoms with Gasteiger partial charge in [0.05, 0.1) is 6.04 Å². The standard InChI is InChI=1S/C9H10BrN/c1-11-6-5-7-3-2-4-8(10)9(7)11/h2-7,9H,1H3. The van der Waals surface area contributed by atoms with Crippen molar-refractivity contribution in [1.82, 2.24) is 4.90 Å². The van der Waals surface area contributed by atoms with E-state index in [0.29, 0.717) is 12.0 Å². The SMILES string of the molecule is CN1C=CC2C=CC=C(Br)C21. The molecule has 2 unspecified atom stereocenters. The fourth-order valence-corrected chi connectivity index (χ4v) is 2.41. The van der Waals surface area contributed by atoms with Gasteiger partial charge < -0.3 is 4.90 Å². The van der Waals surface area contributed by atoms with Crippen LogP contribution in [0.3, 0.4) is 0 Å². The smallest absolute Gasteiger partial charge is 0.0696 e. The quantitative estimate of drug-likeness (QED) is 0.595. The fraction of sp³-hybridized carbons (Fsp3) is 0.333. The lowest BCUT2D eigenvalue weighted by atomic mass is 9.97. The zero-order chi connectivity index (χ0) is 7.84. The topological polar surface area (TPSA) is 3.24 Å². The summed E-state index contributed by atoms with van der Waals surface area (Å²) in [4.78, 5) is 2.23. The van der Waals surface area contributed by atoms with Crippen LogP contribution < -0.4 is 0 Å². The zero-order valence-corrected chi connectivity index (χ0v) is 7.95. The average molecular weight is 212 g/mol. The van der Waals surface area contributed by atoms with Crippen molar-refractivity contribution in [3.05, 3.63) is 35.0 Å². The van der Waals surface area contributed by atoms with Gasteiger partial charge in [-0.3, -0.25) is 0 Å². The van der Waals surface area contributed by atoms with Gasteiger partial charge in [0.25, 0.3) is 0 Å². The van der Waals surface area contributed by atoms with E-state index < -0.39 is 0 Å². The summed E-state index contributed by atoms with van der Waals surface area (Å²) in [5.41, 5.74) is 0. The minimum absolute atomic E-state index is 0.514. The van der Waals surface area contributed by atoms with Crippen molar-refractivity contribution in [3.8, 4) is 0 Å². The van der Waals surface area contributed by atoms with Gasteiger partial charge in [-0.05, 0) is 6.20 Å². The predicted octanol–water partition coefficient (Wildman–Crippen LogP) is 2.28. The zero-order valence-electron chi connectivity index (χ0n) is 6.37. The molecule has 0 bridgehead atoms. The Morgan fingerprint density at radius 2 is 2.27 bits per heavy atom. The molecule has 0 fully saturated rings. The first kappa shape index (κ1) is 7.17. The molecule has 0 saturated heterocycles. The third kappa shape index (κ3) is 1.06. The van der Waals surface area contributed by atoms with Crippen molar-refractivity contribution in [3.63, 3.8) is 0 Å². The molecule has 0 aromatic carbocycles. The van der Waals surface area contributed by atoms with Crippen molar-refractivity contribution in [1.29, 1.82) is 0 Å². The Hall–Kier alpha value is -0.500. The molecule has 1 nitrogen and oxygen atoms in total. The highest BCUT2D eigenvalue weighted by Crippen LogP contribution is 2.32. The first-order valence-corrected chi connectivity index (χ1v) is 4.52. The van der Waals surface area contributed by atoms with Gasteiger partial charge in [-0.2, -0.15) is 0 Å². The molecule has 1 heterocycles. The molecule has 2 aliphatic rings. The summed E-state index contributed by atoms with van der Waals surface area (Å²) in [6.45, 7) is 0. The lowest BCUT2D eigenvalue weighted by molar-refractivity contribution is 0.377. The van der Waals surface area contributed by atoms with Gasteiger partial charge in [-0.1, -0.05) is 40.2 Å². The molecule has 0 radical (unpaired) electrons. The number of hydrogen-bond donors (Lipinski definition) is 0. The van der Waals surface area contributed by atoms with Crippen LogP contribution in [0, 0.1) is 5.92 Å². The Morgan fingerprint density at radius 1 is 1.45 bits per heavy atom. The molecule has 0 N–H and O–H groups in total. The van der Waals surface area contributed by atoms with Crippen LogP contribution >= 0.6 is 15.9 Å². The van der Waals surface area contributed by atoms with Crippen LogP contribution in [0.4, 0.5) is 0 Å². The lowest BCUT2D eigenvalue weighted by Crippen LogP contribution is -2.29. The van der Waals surface area contributed by atoms with Crippen LogP contribution in [0.1, 0.15) is 0 Å². The summed E-state index contributed by atoms with van der Waals surface area (Å²) < 4.78 is 1.28. The van der Waals surface area contributed by atoms with Crippen LogP contribution in [-0.2, 0) is 0 Å². The average Bonchev–Trinajstić information content (AvgIpc) is 2.34. The molecule has 11 heavy (non-hydrogen) atoms. The van der Waals surface area contributed by atoms with Crippen molar-refractivity contribution in [2.24, 2.45) is 5.92 Å². The second-order valence-electron chi connectivity index (χ2n) is 2.97. The molecule has 58 valence electrons. The Kier molecular flexibility index (Phi) is 1.64. The Bertz CT molecular complexity index is 252. The van der Waals surface area contributed by atoms with Crippen LogP contribution in [-0.4, -0.2) is 18.0 Å². The third-order valence-corrected chi connectivity index (χ3v) is 2.95. The number of nitrogens with zero attached hydrogens (tertiary/aromatic N) is 1. The summed E-state index contributed by atoms with van der Waals surface area (Å²) in [5, 5.41) is 0. The first-order chi connectivity index (χ1) is 5.29. The second kappa shape index (κ2) is 2.52. The maximum Gasteiger partial charge on any atom is 0.0696 e. The second-order valence-corrected chi connectivity index (χ2v) is 3.88. The first-order valence-electron chi connectivity index (χ1n) is 3.73. The summed E-state index contributed by atoms with van der Waals surface area (Å²) in [7, 11) is 2.11. The van der Waals surface area contributed by atoms with E-state index >= 15 is 0 Å². The predicted molar refractivity (Wildman–Crippen MR) is 50.3 cm³/mol.